The molecular formula is C27H25NSi. The van der Waals surface area contributed by atoms with E-state index in [-0.39, 0.29) is 0 Å². The van der Waals surface area contributed by atoms with E-state index in [1.165, 1.54) is 43.4 Å². The van der Waals surface area contributed by atoms with Crippen molar-refractivity contribution in [3.63, 3.8) is 0 Å². The fourth-order valence-corrected chi connectivity index (χ4v) is 8.75. The highest BCUT2D eigenvalue weighted by Crippen LogP contribution is 2.44. The molecule has 1 nitrogen and oxygen atoms in total. The molecule has 1 atom stereocenters. The summed E-state index contributed by atoms with van der Waals surface area (Å²) in [5.41, 5.74) is 5.38. The van der Waals surface area contributed by atoms with Crippen LogP contribution < -0.4 is 5.19 Å². The largest absolute Gasteiger partial charge is 0.322 e. The second-order valence-corrected chi connectivity index (χ2v) is 12.2. The summed E-state index contributed by atoms with van der Waals surface area (Å²) in [5, 5.41) is 5.77. The number of benzene rings is 4. The maximum Gasteiger partial charge on any atom is 0.190 e. The smallest absolute Gasteiger partial charge is 0.190 e. The Morgan fingerprint density at radius 2 is 1.21 bits per heavy atom. The molecule has 1 unspecified atom stereocenters. The fraction of sp³-hybridized carbons (Fsp3) is 0.111. The minimum absolute atomic E-state index is 1.30. The van der Waals surface area contributed by atoms with Crippen LogP contribution in [-0.2, 0) is 0 Å². The Labute approximate surface area is 174 Å². The molecule has 0 amide bonds. The molecule has 0 aliphatic carbocycles. The summed E-state index contributed by atoms with van der Waals surface area (Å²) in [5.74, 6) is 0. The monoisotopic (exact) mass is 391 g/mol. The van der Waals surface area contributed by atoms with Crippen molar-refractivity contribution in [2.24, 2.45) is 0 Å². The van der Waals surface area contributed by atoms with Gasteiger partial charge >= 0.3 is 0 Å². The van der Waals surface area contributed by atoms with E-state index in [0.29, 0.717) is 0 Å². The van der Waals surface area contributed by atoms with Gasteiger partial charge in [0, 0.05) is 0 Å². The van der Waals surface area contributed by atoms with E-state index in [2.05, 4.69) is 122 Å². The first-order valence-electron chi connectivity index (χ1n) is 10.2. The predicted octanol–water partition coefficient (Wildman–Crippen LogP) is 5.70. The van der Waals surface area contributed by atoms with Gasteiger partial charge in [-0.3, -0.25) is 0 Å². The molecule has 1 aliphatic heterocycles. The molecule has 1 aliphatic rings. The van der Waals surface area contributed by atoms with Crippen LogP contribution in [0.15, 0.2) is 97.1 Å². The van der Waals surface area contributed by atoms with Gasteiger partial charge in [0.25, 0.3) is 0 Å². The highest BCUT2D eigenvalue weighted by atomic mass is 28.3. The van der Waals surface area contributed by atoms with Crippen molar-refractivity contribution >= 4 is 35.0 Å². The Hall–Kier alpha value is -2.94. The van der Waals surface area contributed by atoms with Crippen LogP contribution in [0, 0.1) is 0 Å². The molecule has 2 heteroatoms. The van der Waals surface area contributed by atoms with Crippen molar-refractivity contribution in [2.75, 3.05) is 14.1 Å². The highest BCUT2D eigenvalue weighted by molar-refractivity contribution is 7.06. The van der Waals surface area contributed by atoms with Gasteiger partial charge < -0.3 is 4.57 Å². The average molecular weight is 392 g/mol. The van der Waals surface area contributed by atoms with Gasteiger partial charge in [-0.05, 0) is 64.1 Å². The molecule has 4 aromatic carbocycles. The molecule has 0 bridgehead atoms. The lowest BCUT2D eigenvalue weighted by molar-refractivity contribution is 0.640. The summed E-state index contributed by atoms with van der Waals surface area (Å²) in [4.78, 5) is 0. The van der Waals surface area contributed by atoms with Crippen LogP contribution in [0.3, 0.4) is 0 Å². The van der Waals surface area contributed by atoms with Gasteiger partial charge in [-0.15, -0.1) is 0 Å². The Morgan fingerprint density at radius 3 is 1.83 bits per heavy atom. The maximum absolute atomic E-state index is 2.50. The summed E-state index contributed by atoms with van der Waals surface area (Å²) in [6.45, 7) is 2.50. The zero-order valence-corrected chi connectivity index (χ0v) is 18.2. The van der Waals surface area contributed by atoms with Crippen LogP contribution in [-0.4, -0.2) is 26.9 Å². The molecule has 0 saturated carbocycles. The van der Waals surface area contributed by atoms with E-state index < -0.39 is 8.24 Å². The molecule has 1 heterocycles. The van der Waals surface area contributed by atoms with Crippen molar-refractivity contribution in [2.45, 2.75) is 6.55 Å². The van der Waals surface area contributed by atoms with Crippen LogP contribution >= 0.6 is 0 Å². The average Bonchev–Trinajstić information content (AvgIpc) is 2.77. The van der Waals surface area contributed by atoms with E-state index in [1.807, 2.05) is 0 Å². The molecule has 142 valence electrons. The summed E-state index contributed by atoms with van der Waals surface area (Å²) >= 11 is 0. The molecule has 0 radical (unpaired) electrons. The molecule has 4 aromatic rings. The van der Waals surface area contributed by atoms with Gasteiger partial charge in [-0.2, -0.15) is 0 Å². The molecule has 0 fully saturated rings. The maximum atomic E-state index is 2.50. The van der Waals surface area contributed by atoms with Crippen molar-refractivity contribution in [3.8, 4) is 0 Å². The topological polar surface area (TPSA) is 3.24 Å². The first-order valence-corrected chi connectivity index (χ1v) is 12.6. The van der Waals surface area contributed by atoms with E-state index in [4.69, 9.17) is 0 Å². The molecule has 0 spiro atoms. The third-order valence-corrected chi connectivity index (χ3v) is 11.2. The van der Waals surface area contributed by atoms with E-state index in [9.17, 15) is 0 Å². The Bertz CT molecular complexity index is 1220. The zero-order chi connectivity index (χ0) is 20.0. The van der Waals surface area contributed by atoms with Gasteiger partial charge in [0.05, 0.1) is 0 Å². The van der Waals surface area contributed by atoms with Crippen molar-refractivity contribution < 1.29 is 0 Å². The summed E-state index contributed by atoms with van der Waals surface area (Å²) < 4.78 is 2.50. The van der Waals surface area contributed by atoms with Crippen LogP contribution in [0.25, 0.3) is 21.5 Å². The van der Waals surface area contributed by atoms with Gasteiger partial charge in [-0.1, -0.05) is 97.1 Å². The Kier molecular flexibility index (Phi) is 4.27. The summed E-state index contributed by atoms with van der Waals surface area (Å²) in [7, 11) is 2.34. The lowest BCUT2D eigenvalue weighted by Gasteiger charge is -2.43. The Balaban J connectivity index is 2.02. The van der Waals surface area contributed by atoms with Gasteiger partial charge in [0.1, 0.15) is 0 Å². The van der Waals surface area contributed by atoms with E-state index in [0.717, 1.165) is 0 Å². The molecular weight excluding hydrogens is 366 g/mol. The van der Waals surface area contributed by atoms with Crippen molar-refractivity contribution in [1.29, 1.82) is 0 Å². The number of hydrogen-bond donors (Lipinski definition) is 0. The molecule has 5 rings (SSSR count). The normalized spacial score (nSPS) is 18.5. The first kappa shape index (κ1) is 18.1. The second kappa shape index (κ2) is 6.84. The second-order valence-electron chi connectivity index (χ2n) is 8.16. The molecule has 0 aromatic heterocycles. The predicted molar refractivity (Wildman–Crippen MR) is 128 cm³/mol. The van der Waals surface area contributed by atoms with Crippen molar-refractivity contribution in [3.05, 3.63) is 114 Å². The quantitative estimate of drug-likeness (QED) is 0.405. The van der Waals surface area contributed by atoms with Gasteiger partial charge in [0.15, 0.2) is 8.24 Å². The number of rotatable bonds is 3. The first-order chi connectivity index (χ1) is 14.1. The minimum Gasteiger partial charge on any atom is -0.322 e. The van der Waals surface area contributed by atoms with Crippen LogP contribution in [0.1, 0.15) is 16.7 Å². The van der Waals surface area contributed by atoms with Crippen LogP contribution in [0.4, 0.5) is 0 Å². The van der Waals surface area contributed by atoms with Gasteiger partial charge in [0.2, 0.25) is 0 Å². The highest BCUT2D eigenvalue weighted by Gasteiger charge is 2.44. The van der Waals surface area contributed by atoms with E-state index >= 15 is 0 Å². The lowest BCUT2D eigenvalue weighted by atomic mass is 9.91. The number of nitrogens with zero attached hydrogens (tertiary/aromatic N) is 1. The zero-order valence-electron chi connectivity index (χ0n) is 17.2. The van der Waals surface area contributed by atoms with Crippen molar-refractivity contribution in [1.82, 2.24) is 4.57 Å². The molecule has 0 saturated heterocycles. The summed E-state index contributed by atoms with van der Waals surface area (Å²) in [6.07, 6.45) is 0. The third kappa shape index (κ3) is 2.64. The van der Waals surface area contributed by atoms with E-state index in [1.54, 1.807) is 0 Å². The third-order valence-electron chi connectivity index (χ3n) is 6.45. The number of hydrogen-bond acceptors (Lipinski definition) is 1. The van der Waals surface area contributed by atoms with Crippen LogP contribution in [0.2, 0.25) is 6.55 Å². The molecule has 29 heavy (non-hydrogen) atoms. The van der Waals surface area contributed by atoms with Gasteiger partial charge in [-0.25, -0.2) is 0 Å². The standard InChI is InChI=1S/C27H25NSi/c1-28(2)29(3)24-19-11-17-20-16-10-18-23(25(20)24)26(21-12-6-4-7-13-21)27(29)22-14-8-5-9-15-22/h4-19H,1-3H3. The fourth-order valence-electron chi connectivity index (χ4n) is 4.87. The SMILES string of the molecule is CN(C)[Si]1(C)C(c2ccccc2)=C(c2ccccc2)c2cccc3cccc1c23. The summed E-state index contributed by atoms with van der Waals surface area (Å²) in [6, 6.07) is 35.5. The Morgan fingerprint density at radius 1 is 0.621 bits per heavy atom. The molecule has 0 N–H and O–H groups in total. The minimum atomic E-state index is -2.17. The lowest BCUT2D eigenvalue weighted by Crippen LogP contribution is -2.60. The van der Waals surface area contributed by atoms with Crippen LogP contribution in [0.5, 0.6) is 0 Å².